The van der Waals surface area contributed by atoms with Crippen molar-refractivity contribution < 1.29 is 4.79 Å². The molecular weight excluding hydrogens is 317 g/mol. The van der Waals surface area contributed by atoms with Crippen molar-refractivity contribution in [2.45, 2.75) is 44.9 Å². The van der Waals surface area contributed by atoms with Gasteiger partial charge in [-0.3, -0.25) is 4.79 Å². The zero-order valence-electron chi connectivity index (χ0n) is 12.8. The van der Waals surface area contributed by atoms with Crippen molar-refractivity contribution in [3.05, 3.63) is 35.4 Å². The van der Waals surface area contributed by atoms with Crippen molar-refractivity contribution in [3.63, 3.8) is 0 Å². The normalized spacial score (nSPS) is 34.6. The molecule has 2 nitrogen and oxygen atoms in total. The molecule has 2 N–H and O–H groups in total. The number of benzene rings is 1. The molecular formula is C18H25Cl2NO. The molecule has 0 unspecified atom stereocenters. The summed E-state index contributed by atoms with van der Waals surface area (Å²) in [4.78, 5) is 11.6. The smallest absolute Gasteiger partial charge is 0.248 e. The maximum atomic E-state index is 11.6. The van der Waals surface area contributed by atoms with E-state index in [0.29, 0.717) is 5.41 Å². The Morgan fingerprint density at radius 3 is 2.00 bits per heavy atom. The highest BCUT2D eigenvalue weighted by atomic mass is 35.5. The minimum absolute atomic E-state index is 0. The van der Waals surface area contributed by atoms with Gasteiger partial charge in [0.05, 0.1) is 0 Å². The Hall–Kier alpha value is -0.730. The SMILES string of the molecule is Cl.Cl.NC(=O)c1ccccc1CC12CC3CC(CC(C3)C1)C2. The summed E-state index contributed by atoms with van der Waals surface area (Å²) < 4.78 is 0. The Morgan fingerprint density at radius 1 is 1.00 bits per heavy atom. The molecule has 1 aromatic carbocycles. The Labute approximate surface area is 145 Å². The van der Waals surface area contributed by atoms with Crippen LogP contribution in [0.25, 0.3) is 0 Å². The second-order valence-electron chi connectivity index (χ2n) is 7.62. The van der Waals surface area contributed by atoms with Crippen molar-refractivity contribution in [1.29, 1.82) is 0 Å². The van der Waals surface area contributed by atoms with Gasteiger partial charge in [0.15, 0.2) is 0 Å². The molecule has 122 valence electrons. The summed E-state index contributed by atoms with van der Waals surface area (Å²) >= 11 is 0. The van der Waals surface area contributed by atoms with Crippen LogP contribution in [-0.2, 0) is 6.42 Å². The lowest BCUT2D eigenvalue weighted by Gasteiger charge is -2.57. The van der Waals surface area contributed by atoms with Crippen LogP contribution in [0.5, 0.6) is 0 Å². The molecule has 4 aliphatic rings. The molecule has 4 bridgehead atoms. The largest absolute Gasteiger partial charge is 0.366 e. The molecule has 4 fully saturated rings. The van der Waals surface area contributed by atoms with Crippen molar-refractivity contribution in [2.24, 2.45) is 28.9 Å². The van der Waals surface area contributed by atoms with E-state index in [1.54, 1.807) is 0 Å². The molecule has 0 spiro atoms. The van der Waals surface area contributed by atoms with Crippen LogP contribution in [0.1, 0.15) is 54.4 Å². The van der Waals surface area contributed by atoms with Gasteiger partial charge in [-0.2, -0.15) is 0 Å². The molecule has 0 radical (unpaired) electrons. The van der Waals surface area contributed by atoms with E-state index in [9.17, 15) is 4.79 Å². The van der Waals surface area contributed by atoms with Crippen molar-refractivity contribution >= 4 is 30.7 Å². The minimum atomic E-state index is -0.273. The van der Waals surface area contributed by atoms with Crippen LogP contribution in [-0.4, -0.2) is 5.91 Å². The molecule has 4 aliphatic carbocycles. The van der Waals surface area contributed by atoms with Gasteiger partial charge in [-0.15, -0.1) is 24.8 Å². The Bertz CT molecular complexity index is 522. The number of nitrogens with two attached hydrogens (primary N) is 1. The lowest BCUT2D eigenvalue weighted by Crippen LogP contribution is -2.47. The van der Waals surface area contributed by atoms with Gasteiger partial charge in [0.1, 0.15) is 0 Å². The van der Waals surface area contributed by atoms with Gasteiger partial charge in [0.2, 0.25) is 5.91 Å². The summed E-state index contributed by atoms with van der Waals surface area (Å²) in [7, 11) is 0. The first-order chi connectivity index (χ1) is 9.63. The van der Waals surface area contributed by atoms with E-state index in [1.165, 1.54) is 44.1 Å². The number of carbonyl (C=O) groups excluding carboxylic acids is 1. The maximum Gasteiger partial charge on any atom is 0.248 e. The molecule has 1 aromatic rings. The van der Waals surface area contributed by atoms with Gasteiger partial charge in [0, 0.05) is 5.56 Å². The summed E-state index contributed by atoms with van der Waals surface area (Å²) in [6, 6.07) is 7.96. The average Bonchev–Trinajstić information content (AvgIpc) is 2.36. The topological polar surface area (TPSA) is 43.1 Å². The second-order valence-corrected chi connectivity index (χ2v) is 7.62. The van der Waals surface area contributed by atoms with E-state index in [2.05, 4.69) is 6.07 Å². The van der Waals surface area contributed by atoms with Gasteiger partial charge in [-0.1, -0.05) is 18.2 Å². The first-order valence-corrected chi connectivity index (χ1v) is 8.01. The standard InChI is InChI=1S/C18H23NO.2ClH/c19-17(20)16-4-2-1-3-15(16)11-18-8-12-5-13(9-18)7-14(6-12)10-18;;/h1-4,12-14H,5-11H2,(H2,19,20);2*1H. The molecule has 0 atom stereocenters. The summed E-state index contributed by atoms with van der Waals surface area (Å²) in [5.41, 5.74) is 7.94. The van der Waals surface area contributed by atoms with Crippen LogP contribution < -0.4 is 5.73 Å². The predicted molar refractivity (Wildman–Crippen MR) is 93.8 cm³/mol. The van der Waals surface area contributed by atoms with Gasteiger partial charge in [-0.05, 0) is 79.7 Å². The summed E-state index contributed by atoms with van der Waals surface area (Å²) in [5.74, 6) is 2.61. The highest BCUT2D eigenvalue weighted by molar-refractivity contribution is 5.94. The maximum absolute atomic E-state index is 11.6. The number of amides is 1. The third-order valence-corrected chi connectivity index (χ3v) is 6.01. The number of hydrogen-bond acceptors (Lipinski definition) is 1. The van der Waals surface area contributed by atoms with Crippen molar-refractivity contribution in [1.82, 2.24) is 0 Å². The molecule has 0 heterocycles. The fourth-order valence-electron chi connectivity index (χ4n) is 5.83. The molecule has 1 amide bonds. The third kappa shape index (κ3) is 3.00. The van der Waals surface area contributed by atoms with Gasteiger partial charge in [-0.25, -0.2) is 0 Å². The quantitative estimate of drug-likeness (QED) is 0.870. The minimum Gasteiger partial charge on any atom is -0.366 e. The summed E-state index contributed by atoms with van der Waals surface area (Å²) in [6.07, 6.45) is 9.62. The molecule has 4 heteroatoms. The van der Waals surface area contributed by atoms with E-state index in [1.807, 2.05) is 18.2 Å². The molecule has 5 rings (SSSR count). The molecule has 0 saturated heterocycles. The molecule has 0 aromatic heterocycles. The molecule has 0 aliphatic heterocycles. The fraction of sp³-hybridized carbons (Fsp3) is 0.611. The van der Waals surface area contributed by atoms with E-state index in [4.69, 9.17) is 5.73 Å². The highest BCUT2D eigenvalue weighted by Crippen LogP contribution is 2.61. The lowest BCUT2D eigenvalue weighted by atomic mass is 9.48. The van der Waals surface area contributed by atoms with Crippen LogP contribution >= 0.6 is 24.8 Å². The zero-order valence-corrected chi connectivity index (χ0v) is 14.4. The first-order valence-electron chi connectivity index (χ1n) is 8.01. The third-order valence-electron chi connectivity index (χ3n) is 6.01. The molecule has 4 saturated carbocycles. The van der Waals surface area contributed by atoms with Crippen LogP contribution in [0.4, 0.5) is 0 Å². The highest BCUT2D eigenvalue weighted by Gasteiger charge is 2.50. The van der Waals surface area contributed by atoms with Crippen molar-refractivity contribution in [2.75, 3.05) is 0 Å². The number of carbonyl (C=O) groups is 1. The number of halogens is 2. The fourth-order valence-corrected chi connectivity index (χ4v) is 5.83. The number of rotatable bonds is 3. The van der Waals surface area contributed by atoms with Gasteiger partial charge >= 0.3 is 0 Å². The zero-order chi connectivity index (χ0) is 13.7. The molecule has 22 heavy (non-hydrogen) atoms. The van der Waals surface area contributed by atoms with Gasteiger partial charge in [0.25, 0.3) is 0 Å². The Morgan fingerprint density at radius 2 is 1.50 bits per heavy atom. The van der Waals surface area contributed by atoms with Crippen LogP contribution in [0.3, 0.4) is 0 Å². The van der Waals surface area contributed by atoms with E-state index in [0.717, 1.165) is 29.7 Å². The monoisotopic (exact) mass is 341 g/mol. The van der Waals surface area contributed by atoms with Crippen LogP contribution in [0.2, 0.25) is 0 Å². The predicted octanol–water partition coefficient (Wildman–Crippen LogP) is 4.39. The van der Waals surface area contributed by atoms with E-state index < -0.39 is 0 Å². The van der Waals surface area contributed by atoms with Crippen LogP contribution in [0, 0.1) is 23.2 Å². The first kappa shape index (κ1) is 17.6. The second kappa shape index (κ2) is 6.41. The Balaban J connectivity index is 0.000000882. The van der Waals surface area contributed by atoms with Crippen molar-refractivity contribution in [3.8, 4) is 0 Å². The number of hydrogen-bond donors (Lipinski definition) is 1. The lowest BCUT2D eigenvalue weighted by molar-refractivity contribution is -0.0522. The number of primary amides is 1. The Kier molecular flexibility index (Phi) is 5.13. The summed E-state index contributed by atoms with van der Waals surface area (Å²) in [6.45, 7) is 0. The average molecular weight is 342 g/mol. The van der Waals surface area contributed by atoms with E-state index in [-0.39, 0.29) is 30.7 Å². The summed E-state index contributed by atoms with van der Waals surface area (Å²) in [5, 5.41) is 0. The van der Waals surface area contributed by atoms with E-state index >= 15 is 0 Å². The van der Waals surface area contributed by atoms with Crippen LogP contribution in [0.15, 0.2) is 24.3 Å². The van der Waals surface area contributed by atoms with Gasteiger partial charge < -0.3 is 5.73 Å².